The first kappa shape index (κ1) is 9.65. The monoisotopic (exact) mass is 185 g/mol. The Hall–Kier alpha value is -0.440. The predicted molar refractivity (Wildman–Crippen MR) is 53.0 cm³/mol. The van der Waals surface area contributed by atoms with Gasteiger partial charge in [-0.3, -0.25) is 4.79 Å². The SMILES string of the molecule is CS/C=C/C(=O)N1C(C)CC1C. The molecule has 1 aliphatic heterocycles. The molecule has 1 saturated heterocycles. The first-order valence-electron chi connectivity index (χ1n) is 4.18. The molecular weight excluding hydrogens is 170 g/mol. The minimum absolute atomic E-state index is 0.149. The molecule has 1 heterocycles. The van der Waals surface area contributed by atoms with Gasteiger partial charge in [0.15, 0.2) is 0 Å². The van der Waals surface area contributed by atoms with Crippen LogP contribution in [0.15, 0.2) is 11.5 Å². The Balaban J connectivity index is 2.47. The molecular formula is C9H15NOS. The van der Waals surface area contributed by atoms with E-state index in [0.717, 1.165) is 6.42 Å². The molecule has 2 unspecified atom stereocenters. The van der Waals surface area contributed by atoms with Crippen molar-refractivity contribution < 1.29 is 4.79 Å². The van der Waals surface area contributed by atoms with Gasteiger partial charge in [-0.25, -0.2) is 0 Å². The van der Waals surface area contributed by atoms with Crippen molar-refractivity contribution in [2.45, 2.75) is 32.4 Å². The molecule has 1 rings (SSSR count). The largest absolute Gasteiger partial charge is 0.334 e. The van der Waals surface area contributed by atoms with Crippen LogP contribution < -0.4 is 0 Å². The Kier molecular flexibility index (Phi) is 3.20. The summed E-state index contributed by atoms with van der Waals surface area (Å²) in [7, 11) is 0. The lowest BCUT2D eigenvalue weighted by molar-refractivity contribution is -0.137. The maximum Gasteiger partial charge on any atom is 0.247 e. The average Bonchev–Trinajstić information content (AvgIpc) is 2.00. The Morgan fingerprint density at radius 3 is 2.50 bits per heavy atom. The van der Waals surface area contributed by atoms with E-state index in [1.165, 1.54) is 0 Å². The zero-order valence-corrected chi connectivity index (χ0v) is 8.60. The van der Waals surface area contributed by atoms with Gasteiger partial charge in [0.2, 0.25) is 5.91 Å². The van der Waals surface area contributed by atoms with Gasteiger partial charge in [0.1, 0.15) is 0 Å². The van der Waals surface area contributed by atoms with Crippen molar-refractivity contribution in [2.24, 2.45) is 0 Å². The number of hydrogen-bond donors (Lipinski definition) is 0. The summed E-state index contributed by atoms with van der Waals surface area (Å²) < 4.78 is 0. The third kappa shape index (κ3) is 1.83. The minimum atomic E-state index is 0.149. The Morgan fingerprint density at radius 2 is 2.08 bits per heavy atom. The Bertz CT molecular complexity index is 195. The van der Waals surface area contributed by atoms with Crippen LogP contribution in [0.2, 0.25) is 0 Å². The van der Waals surface area contributed by atoms with Gasteiger partial charge in [0.25, 0.3) is 0 Å². The molecule has 0 bridgehead atoms. The van der Waals surface area contributed by atoms with E-state index < -0.39 is 0 Å². The fourth-order valence-corrected chi connectivity index (χ4v) is 1.92. The fourth-order valence-electron chi connectivity index (χ4n) is 1.66. The van der Waals surface area contributed by atoms with Crippen LogP contribution >= 0.6 is 11.8 Å². The lowest BCUT2D eigenvalue weighted by atomic mass is 9.96. The first-order chi connectivity index (χ1) is 5.66. The van der Waals surface area contributed by atoms with E-state index in [1.54, 1.807) is 17.8 Å². The lowest BCUT2D eigenvalue weighted by Crippen LogP contribution is -2.55. The van der Waals surface area contributed by atoms with E-state index in [1.807, 2.05) is 16.6 Å². The van der Waals surface area contributed by atoms with E-state index in [2.05, 4.69) is 13.8 Å². The summed E-state index contributed by atoms with van der Waals surface area (Å²) in [5.41, 5.74) is 0. The molecule has 12 heavy (non-hydrogen) atoms. The highest BCUT2D eigenvalue weighted by atomic mass is 32.2. The molecule has 0 aromatic heterocycles. The number of thioether (sulfide) groups is 1. The number of carbonyl (C=O) groups is 1. The van der Waals surface area contributed by atoms with Gasteiger partial charge in [0.05, 0.1) is 0 Å². The van der Waals surface area contributed by atoms with Crippen LogP contribution in [0, 0.1) is 0 Å². The summed E-state index contributed by atoms with van der Waals surface area (Å²) in [6.07, 6.45) is 4.74. The average molecular weight is 185 g/mol. The van der Waals surface area contributed by atoms with Crippen LogP contribution in [0.1, 0.15) is 20.3 Å². The molecule has 2 nitrogen and oxygen atoms in total. The molecule has 0 radical (unpaired) electrons. The fraction of sp³-hybridized carbons (Fsp3) is 0.667. The highest BCUT2D eigenvalue weighted by Crippen LogP contribution is 2.24. The van der Waals surface area contributed by atoms with Crippen LogP contribution in [-0.2, 0) is 4.79 Å². The van der Waals surface area contributed by atoms with Crippen LogP contribution in [0.4, 0.5) is 0 Å². The summed E-state index contributed by atoms with van der Waals surface area (Å²) in [6.45, 7) is 4.18. The van der Waals surface area contributed by atoms with Gasteiger partial charge in [-0.15, -0.1) is 11.8 Å². The number of likely N-dealkylation sites (tertiary alicyclic amines) is 1. The van der Waals surface area contributed by atoms with Gasteiger partial charge >= 0.3 is 0 Å². The van der Waals surface area contributed by atoms with Gasteiger partial charge < -0.3 is 4.90 Å². The molecule has 0 aromatic carbocycles. The molecule has 3 heteroatoms. The molecule has 1 fully saturated rings. The highest BCUT2D eigenvalue weighted by Gasteiger charge is 2.34. The van der Waals surface area contributed by atoms with Crippen LogP contribution in [0.5, 0.6) is 0 Å². The molecule has 0 N–H and O–H groups in total. The van der Waals surface area contributed by atoms with Crippen molar-refractivity contribution in [1.29, 1.82) is 0 Å². The Morgan fingerprint density at radius 1 is 1.50 bits per heavy atom. The van der Waals surface area contributed by atoms with E-state index >= 15 is 0 Å². The smallest absolute Gasteiger partial charge is 0.247 e. The van der Waals surface area contributed by atoms with Crippen molar-refractivity contribution >= 4 is 17.7 Å². The maximum atomic E-state index is 11.4. The second-order valence-corrected chi connectivity index (χ2v) is 3.96. The molecule has 0 aliphatic carbocycles. The third-order valence-corrected chi connectivity index (χ3v) is 2.64. The molecule has 68 valence electrons. The summed E-state index contributed by atoms with van der Waals surface area (Å²) in [6, 6.07) is 0.859. The highest BCUT2D eigenvalue weighted by molar-refractivity contribution is 8.01. The van der Waals surface area contributed by atoms with Crippen molar-refractivity contribution in [3.8, 4) is 0 Å². The number of carbonyl (C=O) groups excluding carboxylic acids is 1. The molecule has 1 amide bonds. The van der Waals surface area contributed by atoms with Crippen LogP contribution in [-0.4, -0.2) is 29.1 Å². The van der Waals surface area contributed by atoms with E-state index in [-0.39, 0.29) is 5.91 Å². The van der Waals surface area contributed by atoms with E-state index in [4.69, 9.17) is 0 Å². The van der Waals surface area contributed by atoms with Crippen LogP contribution in [0.3, 0.4) is 0 Å². The number of amides is 1. The van der Waals surface area contributed by atoms with E-state index in [0.29, 0.717) is 12.1 Å². The maximum absolute atomic E-state index is 11.4. The standard InChI is InChI=1S/C9H15NOS/c1-7-6-8(2)10(7)9(11)4-5-12-3/h4-5,7-8H,6H2,1-3H3/b5-4+. The zero-order chi connectivity index (χ0) is 9.14. The van der Waals surface area contributed by atoms with E-state index in [9.17, 15) is 4.79 Å². The zero-order valence-electron chi connectivity index (χ0n) is 7.78. The van der Waals surface area contributed by atoms with Gasteiger partial charge in [-0.1, -0.05) is 0 Å². The summed E-state index contributed by atoms with van der Waals surface area (Å²) in [5.74, 6) is 0.149. The van der Waals surface area contributed by atoms with Gasteiger partial charge in [0, 0.05) is 18.2 Å². The molecule has 0 spiro atoms. The summed E-state index contributed by atoms with van der Waals surface area (Å²) in [4.78, 5) is 13.4. The summed E-state index contributed by atoms with van der Waals surface area (Å²) in [5, 5.41) is 1.83. The molecule has 0 saturated carbocycles. The quantitative estimate of drug-likeness (QED) is 0.612. The normalized spacial score (nSPS) is 29.1. The minimum Gasteiger partial charge on any atom is -0.334 e. The molecule has 2 atom stereocenters. The van der Waals surface area contributed by atoms with Crippen LogP contribution in [0.25, 0.3) is 0 Å². The third-order valence-electron chi connectivity index (χ3n) is 2.23. The lowest BCUT2D eigenvalue weighted by Gasteiger charge is -2.44. The van der Waals surface area contributed by atoms with Crippen molar-refractivity contribution in [2.75, 3.05) is 6.26 Å². The molecule has 1 aliphatic rings. The van der Waals surface area contributed by atoms with Crippen molar-refractivity contribution in [3.63, 3.8) is 0 Å². The topological polar surface area (TPSA) is 20.3 Å². The number of hydrogen-bond acceptors (Lipinski definition) is 2. The first-order valence-corrected chi connectivity index (χ1v) is 5.47. The second-order valence-electron chi connectivity index (χ2n) is 3.22. The van der Waals surface area contributed by atoms with Gasteiger partial charge in [-0.2, -0.15) is 0 Å². The predicted octanol–water partition coefficient (Wildman–Crippen LogP) is 1.87. The number of nitrogens with zero attached hydrogens (tertiary/aromatic N) is 1. The van der Waals surface area contributed by atoms with Crippen molar-refractivity contribution in [3.05, 3.63) is 11.5 Å². The van der Waals surface area contributed by atoms with Crippen molar-refractivity contribution in [1.82, 2.24) is 4.90 Å². The molecule has 0 aromatic rings. The number of rotatable bonds is 2. The van der Waals surface area contributed by atoms with Gasteiger partial charge in [-0.05, 0) is 31.9 Å². The Labute approximate surface area is 78.0 Å². The summed E-state index contributed by atoms with van der Waals surface area (Å²) >= 11 is 1.56. The second kappa shape index (κ2) is 3.99.